The Hall–Kier alpha value is -2.01. The summed E-state index contributed by atoms with van der Waals surface area (Å²) in [7, 11) is 1.41. The molecule has 1 aliphatic rings. The van der Waals surface area contributed by atoms with Crippen molar-refractivity contribution >= 4 is 22.6 Å². The van der Waals surface area contributed by atoms with E-state index in [-0.39, 0.29) is 5.97 Å². The number of fused-ring (bicyclic) bond motifs is 1. The highest BCUT2D eigenvalue weighted by Crippen LogP contribution is 2.28. The molecular formula is C14H17N3O2. The van der Waals surface area contributed by atoms with Gasteiger partial charge in [0.2, 0.25) is 0 Å². The lowest BCUT2D eigenvalue weighted by atomic mass is 10.1. The quantitative estimate of drug-likeness (QED) is 0.800. The molecule has 0 radical (unpaired) electrons. The Labute approximate surface area is 111 Å². The predicted molar refractivity (Wildman–Crippen MR) is 74.7 cm³/mol. The number of nitrogens with zero attached hydrogens (tertiary/aromatic N) is 1. The van der Waals surface area contributed by atoms with E-state index in [1.165, 1.54) is 7.11 Å². The molecule has 3 rings (SSSR count). The van der Waals surface area contributed by atoms with Crippen molar-refractivity contribution in [1.82, 2.24) is 10.3 Å². The van der Waals surface area contributed by atoms with E-state index in [9.17, 15) is 4.79 Å². The highest BCUT2D eigenvalue weighted by atomic mass is 16.5. The third-order valence-corrected chi connectivity index (χ3v) is 3.53. The van der Waals surface area contributed by atoms with Gasteiger partial charge in [-0.15, -0.1) is 0 Å². The average Bonchev–Trinajstić information content (AvgIpc) is 2.94. The zero-order valence-electron chi connectivity index (χ0n) is 10.9. The maximum absolute atomic E-state index is 11.7. The summed E-state index contributed by atoms with van der Waals surface area (Å²) in [5.41, 5.74) is 2.66. The third-order valence-electron chi connectivity index (χ3n) is 3.53. The molecule has 100 valence electrons. The summed E-state index contributed by atoms with van der Waals surface area (Å²) >= 11 is 0. The van der Waals surface area contributed by atoms with E-state index >= 15 is 0 Å². The first kappa shape index (κ1) is 12.0. The summed E-state index contributed by atoms with van der Waals surface area (Å²) in [6.07, 6.45) is 1.90. The summed E-state index contributed by atoms with van der Waals surface area (Å²) < 4.78 is 4.82. The van der Waals surface area contributed by atoms with Crippen molar-refractivity contribution in [2.75, 3.05) is 38.2 Å². The molecule has 5 heteroatoms. The standard InChI is InChI=1S/C14H17N3O2/c1-19-14(18)10-8-12-11(2-3-16-12)13(9-10)17-6-4-15-5-7-17/h2-3,8-9,15-16H,4-7H2,1H3. The number of hydrogen-bond acceptors (Lipinski definition) is 4. The number of piperazine rings is 1. The summed E-state index contributed by atoms with van der Waals surface area (Å²) in [5, 5.41) is 4.48. The second kappa shape index (κ2) is 4.93. The SMILES string of the molecule is COC(=O)c1cc(N2CCNCC2)c2cc[nH]c2c1. The number of rotatable bonds is 2. The van der Waals surface area contributed by atoms with Gasteiger partial charge in [-0.1, -0.05) is 0 Å². The Morgan fingerprint density at radius 1 is 1.32 bits per heavy atom. The van der Waals surface area contributed by atoms with Crippen LogP contribution in [0.4, 0.5) is 5.69 Å². The molecule has 0 saturated carbocycles. The second-order valence-electron chi connectivity index (χ2n) is 4.66. The first-order chi connectivity index (χ1) is 9.29. The Morgan fingerprint density at radius 3 is 2.84 bits per heavy atom. The number of aromatic amines is 1. The lowest BCUT2D eigenvalue weighted by Gasteiger charge is -2.30. The van der Waals surface area contributed by atoms with Crippen LogP contribution in [0.15, 0.2) is 24.4 Å². The highest BCUT2D eigenvalue weighted by molar-refractivity contribution is 6.00. The van der Waals surface area contributed by atoms with Crippen molar-refractivity contribution in [2.24, 2.45) is 0 Å². The molecule has 0 bridgehead atoms. The zero-order chi connectivity index (χ0) is 13.2. The third kappa shape index (κ3) is 2.17. The fourth-order valence-electron chi connectivity index (χ4n) is 2.55. The molecule has 1 aromatic carbocycles. The van der Waals surface area contributed by atoms with Gasteiger partial charge in [0.15, 0.2) is 0 Å². The van der Waals surface area contributed by atoms with Crippen LogP contribution < -0.4 is 10.2 Å². The van der Waals surface area contributed by atoms with E-state index in [4.69, 9.17) is 4.74 Å². The molecule has 0 aliphatic carbocycles. The molecule has 1 aromatic heterocycles. The second-order valence-corrected chi connectivity index (χ2v) is 4.66. The van der Waals surface area contributed by atoms with Gasteiger partial charge in [-0.25, -0.2) is 4.79 Å². The molecule has 2 N–H and O–H groups in total. The summed E-state index contributed by atoms with van der Waals surface area (Å²) in [6, 6.07) is 5.81. The molecule has 0 atom stereocenters. The van der Waals surface area contributed by atoms with Crippen molar-refractivity contribution in [3.8, 4) is 0 Å². The zero-order valence-corrected chi connectivity index (χ0v) is 10.9. The van der Waals surface area contributed by atoms with Crippen molar-refractivity contribution in [3.05, 3.63) is 30.0 Å². The number of methoxy groups -OCH3 is 1. The maximum atomic E-state index is 11.7. The van der Waals surface area contributed by atoms with Crippen molar-refractivity contribution in [1.29, 1.82) is 0 Å². The van der Waals surface area contributed by atoms with Gasteiger partial charge < -0.3 is 19.9 Å². The Bertz CT molecular complexity index is 600. The number of carbonyl (C=O) groups excluding carboxylic acids is 1. The Morgan fingerprint density at radius 2 is 2.11 bits per heavy atom. The van der Waals surface area contributed by atoms with E-state index in [1.54, 1.807) is 0 Å². The highest BCUT2D eigenvalue weighted by Gasteiger charge is 2.17. The van der Waals surface area contributed by atoms with E-state index < -0.39 is 0 Å². The van der Waals surface area contributed by atoms with Gasteiger partial charge in [0.05, 0.1) is 12.7 Å². The fraction of sp³-hybridized carbons (Fsp3) is 0.357. The maximum Gasteiger partial charge on any atom is 0.337 e. The number of benzene rings is 1. The molecule has 0 spiro atoms. The average molecular weight is 259 g/mol. The van der Waals surface area contributed by atoms with E-state index in [1.807, 2.05) is 24.4 Å². The van der Waals surface area contributed by atoms with Gasteiger partial charge in [0.1, 0.15) is 0 Å². The molecule has 5 nitrogen and oxygen atoms in total. The van der Waals surface area contributed by atoms with Crippen molar-refractivity contribution < 1.29 is 9.53 Å². The minimum Gasteiger partial charge on any atom is -0.465 e. The molecule has 19 heavy (non-hydrogen) atoms. The van der Waals surface area contributed by atoms with Crippen LogP contribution >= 0.6 is 0 Å². The number of nitrogens with one attached hydrogen (secondary N) is 2. The first-order valence-corrected chi connectivity index (χ1v) is 6.45. The largest absolute Gasteiger partial charge is 0.465 e. The summed E-state index contributed by atoms with van der Waals surface area (Å²) in [4.78, 5) is 17.2. The molecule has 1 saturated heterocycles. The fourth-order valence-corrected chi connectivity index (χ4v) is 2.55. The number of carbonyl (C=O) groups is 1. The topological polar surface area (TPSA) is 57.4 Å². The first-order valence-electron chi connectivity index (χ1n) is 6.45. The van der Waals surface area contributed by atoms with Gasteiger partial charge in [-0.2, -0.15) is 0 Å². The lowest BCUT2D eigenvalue weighted by Crippen LogP contribution is -2.43. The molecule has 2 heterocycles. The number of anilines is 1. The molecule has 2 aromatic rings. The molecule has 1 aliphatic heterocycles. The van der Waals surface area contributed by atoms with Crippen LogP contribution in [0, 0.1) is 0 Å². The van der Waals surface area contributed by atoms with Crippen LogP contribution in [0.1, 0.15) is 10.4 Å². The van der Waals surface area contributed by atoms with E-state index in [0.717, 1.165) is 42.8 Å². The number of aromatic nitrogens is 1. The number of ether oxygens (including phenoxy) is 1. The van der Waals surface area contributed by atoms with Gasteiger partial charge >= 0.3 is 5.97 Å². The van der Waals surface area contributed by atoms with Gasteiger partial charge in [-0.05, 0) is 18.2 Å². The van der Waals surface area contributed by atoms with Crippen LogP contribution in [-0.4, -0.2) is 44.2 Å². The number of esters is 1. The van der Waals surface area contributed by atoms with Gasteiger partial charge in [-0.3, -0.25) is 0 Å². The van der Waals surface area contributed by atoms with Crippen LogP contribution in [0.3, 0.4) is 0 Å². The molecular weight excluding hydrogens is 242 g/mol. The van der Waals surface area contributed by atoms with Crippen molar-refractivity contribution in [3.63, 3.8) is 0 Å². The predicted octanol–water partition coefficient (Wildman–Crippen LogP) is 1.36. The monoisotopic (exact) mass is 259 g/mol. The van der Waals surface area contributed by atoms with Gasteiger partial charge in [0, 0.05) is 49.0 Å². The minimum atomic E-state index is -0.298. The molecule has 1 fully saturated rings. The minimum absolute atomic E-state index is 0.298. The van der Waals surface area contributed by atoms with Crippen LogP contribution in [0.2, 0.25) is 0 Å². The molecule has 0 amide bonds. The summed E-state index contributed by atoms with van der Waals surface area (Å²) in [5.74, 6) is -0.298. The smallest absolute Gasteiger partial charge is 0.337 e. The Kier molecular flexibility index (Phi) is 3.13. The normalized spacial score (nSPS) is 15.7. The van der Waals surface area contributed by atoms with Crippen LogP contribution in [0.5, 0.6) is 0 Å². The van der Waals surface area contributed by atoms with Crippen LogP contribution in [-0.2, 0) is 4.74 Å². The number of hydrogen-bond donors (Lipinski definition) is 2. The Balaban J connectivity index is 2.09. The summed E-state index contributed by atoms with van der Waals surface area (Å²) in [6.45, 7) is 3.83. The van der Waals surface area contributed by atoms with E-state index in [2.05, 4.69) is 15.2 Å². The molecule has 0 unspecified atom stereocenters. The lowest BCUT2D eigenvalue weighted by molar-refractivity contribution is 0.0601. The number of H-pyrrole nitrogens is 1. The van der Waals surface area contributed by atoms with Crippen LogP contribution in [0.25, 0.3) is 10.9 Å². The van der Waals surface area contributed by atoms with Gasteiger partial charge in [0.25, 0.3) is 0 Å². The van der Waals surface area contributed by atoms with E-state index in [0.29, 0.717) is 5.56 Å². The van der Waals surface area contributed by atoms with Crippen molar-refractivity contribution in [2.45, 2.75) is 0 Å².